The summed E-state index contributed by atoms with van der Waals surface area (Å²) in [5.74, 6) is -0.196. The van der Waals surface area contributed by atoms with Gasteiger partial charge in [-0.05, 0) is 18.6 Å². The first kappa shape index (κ1) is 13.1. The topological polar surface area (TPSA) is 55.8 Å². The van der Waals surface area contributed by atoms with Gasteiger partial charge in [0.25, 0.3) is 0 Å². The zero-order chi connectivity index (χ0) is 12.8. The molecule has 17 heavy (non-hydrogen) atoms. The monoisotopic (exact) mass is 236 g/mol. The number of carbonyl (C=O) groups excluding carboxylic acids is 1. The second-order valence-electron chi connectivity index (χ2n) is 3.52. The van der Waals surface area contributed by atoms with Gasteiger partial charge in [-0.3, -0.25) is 0 Å². The largest absolute Gasteiger partial charge is 0.504 e. The maximum atomic E-state index is 11.0. The van der Waals surface area contributed by atoms with E-state index in [2.05, 4.69) is 6.58 Å². The lowest BCUT2D eigenvalue weighted by Gasteiger charge is -2.18. The third-order valence-corrected chi connectivity index (χ3v) is 2.21. The SMILES string of the molecule is C=CC(=O)OC(CC)Oc1cccc(C)c1O. The van der Waals surface area contributed by atoms with E-state index in [1.54, 1.807) is 25.1 Å². The maximum Gasteiger partial charge on any atom is 0.333 e. The summed E-state index contributed by atoms with van der Waals surface area (Å²) >= 11 is 0. The van der Waals surface area contributed by atoms with Crippen molar-refractivity contribution in [2.45, 2.75) is 26.6 Å². The molecule has 0 bridgehead atoms. The second-order valence-corrected chi connectivity index (χ2v) is 3.52. The fourth-order valence-corrected chi connectivity index (χ4v) is 1.24. The zero-order valence-electron chi connectivity index (χ0n) is 9.97. The number of carbonyl (C=O) groups is 1. The smallest absolute Gasteiger partial charge is 0.333 e. The molecule has 0 aliphatic carbocycles. The molecule has 4 nitrogen and oxygen atoms in total. The van der Waals surface area contributed by atoms with Crippen LogP contribution >= 0.6 is 0 Å². The molecule has 0 amide bonds. The summed E-state index contributed by atoms with van der Waals surface area (Å²) < 4.78 is 10.4. The van der Waals surface area contributed by atoms with E-state index in [1.165, 1.54) is 0 Å². The first-order valence-corrected chi connectivity index (χ1v) is 5.36. The number of benzene rings is 1. The molecule has 1 N–H and O–H groups in total. The first-order chi connectivity index (χ1) is 8.08. The van der Waals surface area contributed by atoms with Crippen LogP contribution in [0.15, 0.2) is 30.9 Å². The van der Waals surface area contributed by atoms with Gasteiger partial charge in [-0.25, -0.2) is 4.79 Å². The second kappa shape index (κ2) is 5.94. The molecule has 0 heterocycles. The van der Waals surface area contributed by atoms with Crippen LogP contribution in [0.5, 0.6) is 11.5 Å². The number of aromatic hydroxyl groups is 1. The molecular weight excluding hydrogens is 220 g/mol. The minimum Gasteiger partial charge on any atom is -0.504 e. The van der Waals surface area contributed by atoms with E-state index in [0.29, 0.717) is 17.7 Å². The van der Waals surface area contributed by atoms with Gasteiger partial charge in [0.15, 0.2) is 11.5 Å². The fourth-order valence-electron chi connectivity index (χ4n) is 1.24. The van der Waals surface area contributed by atoms with E-state index in [1.807, 2.05) is 6.92 Å². The van der Waals surface area contributed by atoms with E-state index >= 15 is 0 Å². The van der Waals surface area contributed by atoms with Crippen LogP contribution in [0.2, 0.25) is 0 Å². The van der Waals surface area contributed by atoms with Crippen LogP contribution in [0, 0.1) is 6.92 Å². The summed E-state index contributed by atoms with van der Waals surface area (Å²) in [5, 5.41) is 9.75. The van der Waals surface area contributed by atoms with Crippen LogP contribution in [-0.4, -0.2) is 17.4 Å². The van der Waals surface area contributed by atoms with Crippen molar-refractivity contribution < 1.29 is 19.4 Å². The minimum atomic E-state index is -0.729. The Bertz CT molecular complexity index is 412. The molecule has 1 unspecified atom stereocenters. The Hall–Kier alpha value is -1.97. The van der Waals surface area contributed by atoms with E-state index < -0.39 is 12.3 Å². The number of phenols is 1. The molecule has 0 aromatic heterocycles. The molecule has 1 rings (SSSR count). The van der Waals surface area contributed by atoms with Crippen LogP contribution in [0.25, 0.3) is 0 Å². The number of phenolic OH excluding ortho intramolecular Hbond substituents is 1. The Kier molecular flexibility index (Phi) is 4.57. The Morgan fingerprint density at radius 2 is 2.29 bits per heavy atom. The fraction of sp³-hybridized carbons (Fsp3) is 0.308. The molecule has 1 atom stereocenters. The predicted octanol–water partition coefficient (Wildman–Crippen LogP) is 2.54. The van der Waals surface area contributed by atoms with E-state index in [0.717, 1.165) is 6.08 Å². The summed E-state index contributed by atoms with van der Waals surface area (Å²) in [6.07, 6.45) is 0.822. The van der Waals surface area contributed by atoms with Crippen molar-refractivity contribution >= 4 is 5.97 Å². The molecule has 4 heteroatoms. The number of rotatable bonds is 5. The van der Waals surface area contributed by atoms with Crippen molar-refractivity contribution in [2.24, 2.45) is 0 Å². The highest BCUT2D eigenvalue weighted by Gasteiger charge is 2.14. The quantitative estimate of drug-likeness (QED) is 0.485. The molecule has 0 radical (unpaired) electrons. The van der Waals surface area contributed by atoms with Crippen molar-refractivity contribution in [3.63, 3.8) is 0 Å². The van der Waals surface area contributed by atoms with Gasteiger partial charge in [0.1, 0.15) is 0 Å². The highest BCUT2D eigenvalue weighted by molar-refractivity contribution is 5.81. The van der Waals surface area contributed by atoms with E-state index in [-0.39, 0.29) is 5.75 Å². The van der Waals surface area contributed by atoms with Gasteiger partial charge >= 0.3 is 5.97 Å². The Labute approximate surface area is 100 Å². The van der Waals surface area contributed by atoms with Gasteiger partial charge < -0.3 is 14.6 Å². The van der Waals surface area contributed by atoms with Gasteiger partial charge in [-0.2, -0.15) is 0 Å². The van der Waals surface area contributed by atoms with Gasteiger partial charge in [-0.1, -0.05) is 25.6 Å². The van der Waals surface area contributed by atoms with E-state index in [9.17, 15) is 9.90 Å². The molecule has 0 aliphatic heterocycles. The predicted molar refractivity (Wildman–Crippen MR) is 63.8 cm³/mol. The normalized spacial score (nSPS) is 11.6. The maximum absolute atomic E-state index is 11.0. The molecule has 0 saturated heterocycles. The molecule has 0 spiro atoms. The number of ether oxygens (including phenoxy) is 2. The van der Waals surface area contributed by atoms with Crippen molar-refractivity contribution in [3.05, 3.63) is 36.4 Å². The lowest BCUT2D eigenvalue weighted by molar-refractivity contribution is -0.157. The molecule has 1 aromatic carbocycles. The Morgan fingerprint density at radius 1 is 1.59 bits per heavy atom. The summed E-state index contributed by atoms with van der Waals surface area (Å²) in [4.78, 5) is 11.0. The molecule has 0 aliphatic rings. The van der Waals surface area contributed by atoms with Gasteiger partial charge in [0, 0.05) is 12.5 Å². The van der Waals surface area contributed by atoms with Crippen LogP contribution < -0.4 is 4.74 Å². The van der Waals surface area contributed by atoms with Crippen LogP contribution in [0.3, 0.4) is 0 Å². The van der Waals surface area contributed by atoms with Gasteiger partial charge in [0.2, 0.25) is 6.29 Å². The Balaban J connectivity index is 2.77. The number of hydrogen-bond donors (Lipinski definition) is 1. The van der Waals surface area contributed by atoms with Crippen LogP contribution in [0.4, 0.5) is 0 Å². The third-order valence-electron chi connectivity index (χ3n) is 2.21. The zero-order valence-corrected chi connectivity index (χ0v) is 9.97. The minimum absolute atomic E-state index is 0.0561. The molecule has 1 aromatic rings. The van der Waals surface area contributed by atoms with Crippen LogP contribution in [0.1, 0.15) is 18.9 Å². The number of para-hydroxylation sites is 1. The van der Waals surface area contributed by atoms with Gasteiger partial charge in [0.05, 0.1) is 0 Å². The molecule has 92 valence electrons. The standard InChI is InChI=1S/C13H16O4/c1-4-11(14)17-12(5-2)16-10-8-6-7-9(3)13(10)15/h4,6-8,12,15H,1,5H2,2-3H3. The highest BCUT2D eigenvalue weighted by Crippen LogP contribution is 2.30. The summed E-state index contributed by atoms with van der Waals surface area (Å²) in [6, 6.07) is 5.14. The summed E-state index contributed by atoms with van der Waals surface area (Å²) in [7, 11) is 0. The lowest BCUT2D eigenvalue weighted by Crippen LogP contribution is -2.22. The number of esters is 1. The summed E-state index contributed by atoms with van der Waals surface area (Å²) in [6.45, 7) is 6.88. The molecule has 0 fully saturated rings. The third kappa shape index (κ3) is 3.52. The van der Waals surface area contributed by atoms with Crippen LogP contribution in [-0.2, 0) is 9.53 Å². The average molecular weight is 236 g/mol. The van der Waals surface area contributed by atoms with Crippen molar-refractivity contribution in [1.82, 2.24) is 0 Å². The number of aryl methyl sites for hydroxylation is 1. The first-order valence-electron chi connectivity index (χ1n) is 5.36. The van der Waals surface area contributed by atoms with Gasteiger partial charge in [-0.15, -0.1) is 0 Å². The Morgan fingerprint density at radius 3 is 2.88 bits per heavy atom. The number of hydrogen-bond acceptors (Lipinski definition) is 4. The molecule has 0 saturated carbocycles. The van der Waals surface area contributed by atoms with Crippen molar-refractivity contribution in [2.75, 3.05) is 0 Å². The average Bonchev–Trinajstić information content (AvgIpc) is 2.33. The van der Waals surface area contributed by atoms with E-state index in [4.69, 9.17) is 9.47 Å². The van der Waals surface area contributed by atoms with Crippen molar-refractivity contribution in [3.8, 4) is 11.5 Å². The molecular formula is C13H16O4. The highest BCUT2D eigenvalue weighted by atomic mass is 16.7. The lowest BCUT2D eigenvalue weighted by atomic mass is 10.2. The summed E-state index contributed by atoms with van der Waals surface area (Å²) in [5.41, 5.74) is 0.701. The van der Waals surface area contributed by atoms with Crippen molar-refractivity contribution in [1.29, 1.82) is 0 Å².